The minimum absolute atomic E-state index is 0.108. The van der Waals surface area contributed by atoms with Gasteiger partial charge in [0.25, 0.3) is 0 Å². The van der Waals surface area contributed by atoms with Crippen molar-refractivity contribution in [2.45, 2.75) is 19.9 Å². The molecule has 0 aliphatic heterocycles. The molecule has 2 aromatic heterocycles. The molecule has 0 radical (unpaired) electrons. The van der Waals surface area contributed by atoms with Crippen LogP contribution in [0.15, 0.2) is 12.4 Å². The van der Waals surface area contributed by atoms with Gasteiger partial charge in [-0.3, -0.25) is 4.40 Å². The Balaban J connectivity index is 2.70. The van der Waals surface area contributed by atoms with Gasteiger partial charge in [-0.25, -0.2) is 4.98 Å². The van der Waals surface area contributed by atoms with Gasteiger partial charge >= 0.3 is 0 Å². The number of rotatable bonds is 1. The van der Waals surface area contributed by atoms with Crippen molar-refractivity contribution in [3.05, 3.63) is 23.0 Å². The lowest BCUT2D eigenvalue weighted by atomic mass is 10.2. The summed E-state index contributed by atoms with van der Waals surface area (Å²) in [6.07, 6.45) is 3.77. The summed E-state index contributed by atoms with van der Waals surface area (Å²) < 4.78 is 2.07. The topological polar surface area (TPSA) is 43.3 Å². The summed E-state index contributed by atoms with van der Waals surface area (Å²) >= 11 is 1.67. The van der Waals surface area contributed by atoms with Crippen LogP contribution < -0.4 is 5.73 Å². The Morgan fingerprint density at radius 1 is 1.67 bits per heavy atom. The van der Waals surface area contributed by atoms with Crippen LogP contribution in [0, 0.1) is 6.92 Å². The summed E-state index contributed by atoms with van der Waals surface area (Å²) in [5.74, 6) is 0. The third kappa shape index (κ3) is 0.956. The molecule has 1 atom stereocenters. The summed E-state index contributed by atoms with van der Waals surface area (Å²) in [4.78, 5) is 6.46. The zero-order chi connectivity index (χ0) is 8.72. The minimum atomic E-state index is 0.108. The summed E-state index contributed by atoms with van der Waals surface area (Å²) in [5, 5.41) is 0. The van der Waals surface area contributed by atoms with E-state index in [9.17, 15) is 0 Å². The maximum Gasteiger partial charge on any atom is 0.194 e. The Labute approximate surface area is 74.8 Å². The number of aryl methyl sites for hydroxylation is 1. The summed E-state index contributed by atoms with van der Waals surface area (Å²) in [7, 11) is 0. The van der Waals surface area contributed by atoms with Gasteiger partial charge in [-0.05, 0) is 13.8 Å². The van der Waals surface area contributed by atoms with E-state index in [1.807, 2.05) is 19.3 Å². The summed E-state index contributed by atoms with van der Waals surface area (Å²) in [6, 6.07) is 0.108. The van der Waals surface area contributed by atoms with Gasteiger partial charge < -0.3 is 5.73 Å². The molecule has 2 N–H and O–H groups in total. The molecule has 0 saturated carbocycles. The second kappa shape index (κ2) is 2.57. The van der Waals surface area contributed by atoms with Crippen molar-refractivity contribution in [2.24, 2.45) is 5.73 Å². The van der Waals surface area contributed by atoms with Gasteiger partial charge in [0, 0.05) is 29.0 Å². The lowest BCUT2D eigenvalue weighted by Crippen LogP contribution is -2.04. The van der Waals surface area contributed by atoms with Gasteiger partial charge in [-0.15, -0.1) is 0 Å². The quantitative estimate of drug-likeness (QED) is 0.728. The number of aromatic nitrogens is 2. The highest BCUT2D eigenvalue weighted by atomic mass is 32.1. The van der Waals surface area contributed by atoms with Gasteiger partial charge in [0.2, 0.25) is 0 Å². The Hall–Kier alpha value is -0.870. The van der Waals surface area contributed by atoms with Crippen LogP contribution in [0.2, 0.25) is 0 Å². The van der Waals surface area contributed by atoms with Crippen LogP contribution in [-0.4, -0.2) is 9.38 Å². The van der Waals surface area contributed by atoms with Gasteiger partial charge in [0.05, 0.1) is 0 Å². The molecule has 0 saturated heterocycles. The first-order valence-electron chi connectivity index (χ1n) is 3.88. The molecule has 0 aromatic carbocycles. The fourth-order valence-corrected chi connectivity index (χ4v) is 2.37. The first-order chi connectivity index (χ1) is 5.70. The third-order valence-electron chi connectivity index (χ3n) is 1.94. The summed E-state index contributed by atoms with van der Waals surface area (Å²) in [5.41, 5.74) is 7.02. The molecule has 2 rings (SSSR count). The first-order valence-corrected chi connectivity index (χ1v) is 4.69. The zero-order valence-corrected chi connectivity index (χ0v) is 7.93. The molecular weight excluding hydrogens is 170 g/mol. The fourth-order valence-electron chi connectivity index (χ4n) is 1.33. The highest BCUT2D eigenvalue weighted by Gasteiger charge is 2.11. The normalized spacial score (nSPS) is 13.9. The summed E-state index contributed by atoms with van der Waals surface area (Å²) in [6.45, 7) is 4.07. The molecule has 0 unspecified atom stereocenters. The predicted molar refractivity (Wildman–Crippen MR) is 50.4 cm³/mol. The van der Waals surface area contributed by atoms with Crippen LogP contribution in [0.25, 0.3) is 4.96 Å². The minimum Gasteiger partial charge on any atom is -0.323 e. The maximum absolute atomic E-state index is 5.81. The van der Waals surface area contributed by atoms with E-state index in [1.54, 1.807) is 11.3 Å². The van der Waals surface area contributed by atoms with Crippen molar-refractivity contribution >= 4 is 16.3 Å². The molecule has 64 valence electrons. The largest absolute Gasteiger partial charge is 0.323 e. The van der Waals surface area contributed by atoms with Crippen LogP contribution in [0.3, 0.4) is 0 Å². The van der Waals surface area contributed by atoms with E-state index in [4.69, 9.17) is 5.73 Å². The third-order valence-corrected chi connectivity index (χ3v) is 3.31. The average molecular weight is 181 g/mol. The van der Waals surface area contributed by atoms with Crippen molar-refractivity contribution in [2.75, 3.05) is 0 Å². The number of nitrogens with zero attached hydrogens (tertiary/aromatic N) is 2. The van der Waals surface area contributed by atoms with Crippen molar-refractivity contribution in [1.29, 1.82) is 0 Å². The Morgan fingerprint density at radius 2 is 2.42 bits per heavy atom. The van der Waals surface area contributed by atoms with Crippen molar-refractivity contribution in [1.82, 2.24) is 9.38 Å². The van der Waals surface area contributed by atoms with E-state index in [2.05, 4.69) is 16.3 Å². The first kappa shape index (κ1) is 7.76. The van der Waals surface area contributed by atoms with Crippen LogP contribution in [0.1, 0.15) is 23.5 Å². The molecule has 0 fully saturated rings. The van der Waals surface area contributed by atoms with Crippen LogP contribution in [-0.2, 0) is 0 Å². The number of imidazole rings is 1. The molecule has 2 aromatic rings. The molecule has 0 amide bonds. The Kier molecular flexibility index (Phi) is 1.66. The fraction of sp³-hybridized carbons (Fsp3) is 0.375. The van der Waals surface area contributed by atoms with Crippen molar-refractivity contribution < 1.29 is 0 Å². The second-order valence-corrected chi connectivity index (χ2v) is 3.93. The monoisotopic (exact) mass is 181 g/mol. The smallest absolute Gasteiger partial charge is 0.194 e. The second-order valence-electron chi connectivity index (χ2n) is 2.92. The lowest BCUT2D eigenvalue weighted by molar-refractivity contribution is 0.820. The Bertz CT molecular complexity index is 399. The van der Waals surface area contributed by atoms with Gasteiger partial charge in [0.15, 0.2) is 4.96 Å². The predicted octanol–water partition coefficient (Wildman–Crippen LogP) is 1.72. The number of thiazole rings is 1. The van der Waals surface area contributed by atoms with E-state index in [-0.39, 0.29) is 6.04 Å². The van der Waals surface area contributed by atoms with E-state index >= 15 is 0 Å². The maximum atomic E-state index is 5.81. The number of hydrogen-bond acceptors (Lipinski definition) is 3. The molecule has 12 heavy (non-hydrogen) atoms. The van der Waals surface area contributed by atoms with E-state index in [0.717, 1.165) is 4.96 Å². The number of nitrogens with two attached hydrogens (primary N) is 1. The van der Waals surface area contributed by atoms with E-state index in [1.165, 1.54) is 10.6 Å². The zero-order valence-electron chi connectivity index (χ0n) is 7.11. The highest BCUT2D eigenvalue weighted by Crippen LogP contribution is 2.25. The molecule has 2 heterocycles. The molecule has 0 spiro atoms. The molecule has 0 aliphatic carbocycles. The molecule has 3 nitrogen and oxygen atoms in total. The van der Waals surface area contributed by atoms with Crippen LogP contribution in [0.5, 0.6) is 0 Å². The molecule has 4 heteroatoms. The van der Waals surface area contributed by atoms with Crippen molar-refractivity contribution in [3.8, 4) is 0 Å². The van der Waals surface area contributed by atoms with E-state index in [0.29, 0.717) is 0 Å². The molecular formula is C8H11N3S. The SMILES string of the molecule is Cc1c([C@H](C)N)sc2nccn12. The van der Waals surface area contributed by atoms with Gasteiger partial charge in [0.1, 0.15) is 0 Å². The van der Waals surface area contributed by atoms with Gasteiger partial charge in [-0.2, -0.15) is 0 Å². The van der Waals surface area contributed by atoms with Gasteiger partial charge in [-0.1, -0.05) is 11.3 Å². The molecule has 0 bridgehead atoms. The van der Waals surface area contributed by atoms with Crippen LogP contribution in [0.4, 0.5) is 0 Å². The standard InChI is InChI=1S/C8H11N3S/c1-5(9)7-6(2)11-4-3-10-8(11)12-7/h3-5H,9H2,1-2H3/t5-/m0/s1. The highest BCUT2D eigenvalue weighted by molar-refractivity contribution is 7.17. The Morgan fingerprint density at radius 3 is 3.00 bits per heavy atom. The van der Waals surface area contributed by atoms with Crippen LogP contribution >= 0.6 is 11.3 Å². The lowest BCUT2D eigenvalue weighted by Gasteiger charge is -2.01. The molecule has 0 aliphatic rings. The number of fused-ring (bicyclic) bond motifs is 1. The number of hydrogen-bond donors (Lipinski definition) is 1. The average Bonchev–Trinajstić information content (AvgIpc) is 2.53. The van der Waals surface area contributed by atoms with Crippen molar-refractivity contribution in [3.63, 3.8) is 0 Å². The van der Waals surface area contributed by atoms with E-state index < -0.39 is 0 Å².